The lowest BCUT2D eigenvalue weighted by Crippen LogP contribution is -2.20. The molecular weight excluding hydrogens is 307 g/mol. The van der Waals surface area contributed by atoms with Crippen molar-refractivity contribution >= 4 is 23.2 Å². The molecule has 1 aromatic carbocycles. The van der Waals surface area contributed by atoms with Crippen LogP contribution in [0.2, 0.25) is 10.0 Å². The van der Waals surface area contributed by atoms with Gasteiger partial charge in [-0.05, 0) is 63.9 Å². The van der Waals surface area contributed by atoms with E-state index in [0.717, 1.165) is 43.1 Å². The average molecular weight is 327 g/mol. The molecule has 0 atom stereocenters. The minimum atomic E-state index is 0.536. The van der Waals surface area contributed by atoms with Crippen molar-refractivity contribution in [2.75, 3.05) is 27.2 Å². The minimum absolute atomic E-state index is 0.536. The van der Waals surface area contributed by atoms with E-state index >= 15 is 0 Å². The zero-order valence-corrected chi connectivity index (χ0v) is 13.8. The Morgan fingerprint density at radius 2 is 1.90 bits per heavy atom. The van der Waals surface area contributed by atoms with E-state index in [1.165, 1.54) is 0 Å². The van der Waals surface area contributed by atoms with Gasteiger partial charge in [-0.15, -0.1) is 0 Å². The van der Waals surface area contributed by atoms with Crippen LogP contribution in [0, 0.1) is 0 Å². The van der Waals surface area contributed by atoms with E-state index < -0.39 is 0 Å². The van der Waals surface area contributed by atoms with E-state index in [4.69, 9.17) is 27.6 Å². The van der Waals surface area contributed by atoms with Gasteiger partial charge in [-0.2, -0.15) is 0 Å². The van der Waals surface area contributed by atoms with Crippen LogP contribution in [-0.2, 0) is 6.54 Å². The van der Waals surface area contributed by atoms with Crippen LogP contribution in [0.3, 0.4) is 0 Å². The first-order valence-electron chi connectivity index (χ1n) is 6.96. The first-order chi connectivity index (χ1) is 10.1. The fourth-order valence-corrected chi connectivity index (χ4v) is 2.31. The molecule has 2 rings (SSSR count). The van der Waals surface area contributed by atoms with Crippen molar-refractivity contribution in [1.29, 1.82) is 0 Å². The third-order valence-corrected chi connectivity index (χ3v) is 3.86. The van der Waals surface area contributed by atoms with Crippen LogP contribution in [0.1, 0.15) is 12.2 Å². The van der Waals surface area contributed by atoms with Gasteiger partial charge in [0.1, 0.15) is 11.5 Å². The summed E-state index contributed by atoms with van der Waals surface area (Å²) in [7, 11) is 4.16. The first kappa shape index (κ1) is 16.4. The third-order valence-electron chi connectivity index (χ3n) is 3.12. The molecule has 0 unspecified atom stereocenters. The summed E-state index contributed by atoms with van der Waals surface area (Å²) in [5, 5.41) is 4.46. The molecule has 0 bridgehead atoms. The molecule has 0 spiro atoms. The molecule has 0 saturated heterocycles. The van der Waals surface area contributed by atoms with Crippen molar-refractivity contribution in [1.82, 2.24) is 10.2 Å². The number of benzene rings is 1. The fraction of sp³-hybridized carbons (Fsp3) is 0.375. The van der Waals surface area contributed by atoms with Gasteiger partial charge in [0.15, 0.2) is 0 Å². The first-order valence-corrected chi connectivity index (χ1v) is 7.71. The van der Waals surface area contributed by atoms with Crippen LogP contribution in [0.4, 0.5) is 0 Å². The summed E-state index contributed by atoms with van der Waals surface area (Å²) in [5.41, 5.74) is 0.934. The molecule has 21 heavy (non-hydrogen) atoms. The van der Waals surface area contributed by atoms with Gasteiger partial charge in [0.2, 0.25) is 0 Å². The second kappa shape index (κ2) is 7.85. The summed E-state index contributed by atoms with van der Waals surface area (Å²) < 4.78 is 5.82. The van der Waals surface area contributed by atoms with Crippen molar-refractivity contribution in [2.24, 2.45) is 0 Å². The molecule has 0 aliphatic carbocycles. The molecule has 2 aromatic rings. The maximum atomic E-state index is 6.02. The van der Waals surface area contributed by atoms with E-state index in [9.17, 15) is 0 Å². The summed E-state index contributed by atoms with van der Waals surface area (Å²) in [6, 6.07) is 9.44. The van der Waals surface area contributed by atoms with Crippen LogP contribution in [-0.4, -0.2) is 32.1 Å². The Kier molecular flexibility index (Phi) is 6.12. The molecule has 0 aliphatic heterocycles. The summed E-state index contributed by atoms with van der Waals surface area (Å²) >= 11 is 11.9. The Bertz CT molecular complexity index is 581. The Morgan fingerprint density at radius 1 is 1.10 bits per heavy atom. The molecule has 1 heterocycles. The SMILES string of the molecule is CN(C)CCCNCc1ccc(-c2ccc(Cl)c(Cl)c2)o1. The van der Waals surface area contributed by atoms with Crippen LogP contribution in [0.15, 0.2) is 34.7 Å². The predicted octanol–water partition coefficient (Wildman–Crippen LogP) is 4.29. The molecule has 1 aromatic heterocycles. The van der Waals surface area contributed by atoms with Crippen molar-refractivity contribution in [3.05, 3.63) is 46.1 Å². The average Bonchev–Trinajstić information content (AvgIpc) is 2.90. The number of nitrogens with zero attached hydrogens (tertiary/aromatic N) is 1. The van der Waals surface area contributed by atoms with Crippen LogP contribution in [0.25, 0.3) is 11.3 Å². The van der Waals surface area contributed by atoms with Gasteiger partial charge >= 0.3 is 0 Å². The quantitative estimate of drug-likeness (QED) is 0.769. The van der Waals surface area contributed by atoms with E-state index in [1.54, 1.807) is 6.07 Å². The second-order valence-corrected chi connectivity index (χ2v) is 6.04. The van der Waals surface area contributed by atoms with Gasteiger partial charge in [0.05, 0.1) is 16.6 Å². The van der Waals surface area contributed by atoms with Crippen molar-refractivity contribution in [3.63, 3.8) is 0 Å². The van der Waals surface area contributed by atoms with E-state index in [2.05, 4.69) is 24.3 Å². The van der Waals surface area contributed by atoms with Crippen molar-refractivity contribution in [3.8, 4) is 11.3 Å². The van der Waals surface area contributed by atoms with Gasteiger partial charge in [-0.3, -0.25) is 0 Å². The number of furan rings is 1. The second-order valence-electron chi connectivity index (χ2n) is 5.23. The smallest absolute Gasteiger partial charge is 0.134 e. The summed E-state index contributed by atoms with van der Waals surface area (Å²) in [6.07, 6.45) is 1.12. The predicted molar refractivity (Wildman–Crippen MR) is 89.0 cm³/mol. The van der Waals surface area contributed by atoms with E-state index in [-0.39, 0.29) is 0 Å². The highest BCUT2D eigenvalue weighted by molar-refractivity contribution is 6.42. The van der Waals surface area contributed by atoms with Gasteiger partial charge < -0.3 is 14.6 Å². The van der Waals surface area contributed by atoms with Gasteiger partial charge in [0, 0.05) is 5.56 Å². The molecule has 3 nitrogen and oxygen atoms in total. The van der Waals surface area contributed by atoms with Crippen molar-refractivity contribution in [2.45, 2.75) is 13.0 Å². The van der Waals surface area contributed by atoms with Gasteiger partial charge in [-0.25, -0.2) is 0 Å². The lowest BCUT2D eigenvalue weighted by atomic mass is 10.2. The maximum absolute atomic E-state index is 6.02. The standard InChI is InChI=1S/C16H20Cl2N2O/c1-20(2)9-3-8-19-11-13-5-7-16(21-13)12-4-6-14(17)15(18)10-12/h4-7,10,19H,3,8-9,11H2,1-2H3. The summed E-state index contributed by atoms with van der Waals surface area (Å²) in [4.78, 5) is 2.18. The molecule has 0 saturated carbocycles. The molecular formula is C16H20Cl2N2O. The number of hydrogen-bond donors (Lipinski definition) is 1. The highest BCUT2D eigenvalue weighted by Crippen LogP contribution is 2.29. The van der Waals surface area contributed by atoms with Crippen LogP contribution >= 0.6 is 23.2 Å². The molecule has 0 aliphatic rings. The normalized spacial score (nSPS) is 11.3. The zero-order chi connectivity index (χ0) is 15.2. The number of hydrogen-bond acceptors (Lipinski definition) is 3. The third kappa shape index (κ3) is 5.04. The van der Waals surface area contributed by atoms with Gasteiger partial charge in [-0.1, -0.05) is 23.2 Å². The number of halogens is 2. The van der Waals surface area contributed by atoms with Crippen LogP contribution < -0.4 is 5.32 Å². The maximum Gasteiger partial charge on any atom is 0.134 e. The molecule has 1 N–H and O–H groups in total. The lowest BCUT2D eigenvalue weighted by Gasteiger charge is -2.09. The molecule has 0 fully saturated rings. The molecule has 114 valence electrons. The molecule has 0 radical (unpaired) electrons. The van der Waals surface area contributed by atoms with Gasteiger partial charge in [0.25, 0.3) is 0 Å². The van der Waals surface area contributed by atoms with Crippen molar-refractivity contribution < 1.29 is 4.42 Å². The topological polar surface area (TPSA) is 28.4 Å². The number of rotatable bonds is 7. The van der Waals surface area contributed by atoms with E-state index in [0.29, 0.717) is 10.0 Å². The highest BCUT2D eigenvalue weighted by Gasteiger charge is 2.07. The monoisotopic (exact) mass is 326 g/mol. The Hall–Kier alpha value is -1.00. The lowest BCUT2D eigenvalue weighted by molar-refractivity contribution is 0.391. The highest BCUT2D eigenvalue weighted by atomic mass is 35.5. The number of nitrogens with one attached hydrogen (secondary N) is 1. The molecule has 0 amide bonds. The summed E-state index contributed by atoms with van der Waals surface area (Å²) in [5.74, 6) is 1.72. The van der Waals surface area contributed by atoms with Crippen LogP contribution in [0.5, 0.6) is 0 Å². The molecule has 5 heteroatoms. The Labute approximate surface area is 135 Å². The fourth-order valence-electron chi connectivity index (χ4n) is 2.01. The Morgan fingerprint density at radius 3 is 2.62 bits per heavy atom. The van der Waals surface area contributed by atoms with E-state index in [1.807, 2.05) is 24.3 Å². The zero-order valence-electron chi connectivity index (χ0n) is 12.3. The summed E-state index contributed by atoms with van der Waals surface area (Å²) in [6.45, 7) is 2.79. The largest absolute Gasteiger partial charge is 0.460 e. The minimum Gasteiger partial charge on any atom is -0.460 e. The Balaban J connectivity index is 1.87.